The van der Waals surface area contributed by atoms with Gasteiger partial charge in [0.15, 0.2) is 5.82 Å². The lowest BCUT2D eigenvalue weighted by Gasteiger charge is -2.30. The molecule has 0 aliphatic carbocycles. The standard InChI is InChI=1S/C21H21N5O/c1-3-14-8-9-16(18(27)12-14)19-17-7-4-10-22-20(17)21(25-24-19)23-15-6-5-11-26(2)13-15/h1,4,7-10,12,15,27H,5-6,11,13H2,2H3,(H,23,25)/t15-/m1/s1. The predicted octanol–water partition coefficient (Wildman–Crippen LogP) is 2.88. The third-order valence-corrected chi connectivity index (χ3v) is 4.92. The van der Waals surface area contributed by atoms with Crippen molar-refractivity contribution in [1.29, 1.82) is 0 Å². The van der Waals surface area contributed by atoms with E-state index in [9.17, 15) is 5.11 Å². The molecule has 1 aliphatic rings. The van der Waals surface area contributed by atoms with Crippen LogP contribution in [0.4, 0.5) is 5.82 Å². The number of likely N-dealkylation sites (N-methyl/N-ethyl adjacent to an activating group) is 1. The number of nitrogens with one attached hydrogen (secondary N) is 1. The summed E-state index contributed by atoms with van der Waals surface area (Å²) in [5.41, 5.74) is 2.54. The van der Waals surface area contributed by atoms with Crippen molar-refractivity contribution < 1.29 is 5.11 Å². The lowest BCUT2D eigenvalue weighted by atomic mass is 10.0. The predicted molar refractivity (Wildman–Crippen MR) is 107 cm³/mol. The SMILES string of the molecule is C#Cc1ccc(-c2nnc(N[C@@H]3CCCN(C)C3)c3ncccc23)c(O)c1. The minimum atomic E-state index is 0.0829. The van der Waals surface area contributed by atoms with Crippen LogP contribution in [-0.2, 0) is 0 Å². The number of pyridine rings is 1. The van der Waals surface area contributed by atoms with E-state index < -0.39 is 0 Å². The fraction of sp³-hybridized carbons (Fsp3) is 0.286. The normalized spacial score (nSPS) is 17.6. The minimum absolute atomic E-state index is 0.0829. The molecule has 0 saturated carbocycles. The van der Waals surface area contributed by atoms with Gasteiger partial charge < -0.3 is 15.3 Å². The van der Waals surface area contributed by atoms with Crippen molar-refractivity contribution in [2.24, 2.45) is 0 Å². The minimum Gasteiger partial charge on any atom is -0.507 e. The average Bonchev–Trinajstić information content (AvgIpc) is 2.68. The number of benzene rings is 1. The molecule has 0 spiro atoms. The molecule has 136 valence electrons. The molecule has 1 aromatic carbocycles. The van der Waals surface area contributed by atoms with Gasteiger partial charge in [0.2, 0.25) is 0 Å². The second-order valence-electron chi connectivity index (χ2n) is 6.92. The topological polar surface area (TPSA) is 74.2 Å². The molecule has 0 radical (unpaired) electrons. The van der Waals surface area contributed by atoms with Crippen LogP contribution in [0.25, 0.3) is 22.2 Å². The van der Waals surface area contributed by atoms with E-state index in [0.29, 0.717) is 28.7 Å². The van der Waals surface area contributed by atoms with Crippen molar-refractivity contribution >= 4 is 16.7 Å². The Morgan fingerprint density at radius 1 is 1.30 bits per heavy atom. The molecule has 6 heteroatoms. The van der Waals surface area contributed by atoms with E-state index in [1.54, 1.807) is 24.4 Å². The highest BCUT2D eigenvalue weighted by Crippen LogP contribution is 2.34. The molecule has 1 saturated heterocycles. The molecular formula is C21H21N5O. The molecule has 1 atom stereocenters. The molecule has 2 aromatic heterocycles. The highest BCUT2D eigenvalue weighted by Gasteiger charge is 2.20. The van der Waals surface area contributed by atoms with E-state index in [4.69, 9.17) is 6.42 Å². The highest BCUT2D eigenvalue weighted by atomic mass is 16.3. The summed E-state index contributed by atoms with van der Waals surface area (Å²) in [6.07, 6.45) is 9.40. The van der Waals surface area contributed by atoms with Gasteiger partial charge in [-0.15, -0.1) is 16.6 Å². The molecular weight excluding hydrogens is 338 g/mol. The van der Waals surface area contributed by atoms with Crippen LogP contribution < -0.4 is 5.32 Å². The fourth-order valence-electron chi connectivity index (χ4n) is 3.58. The number of aromatic nitrogens is 3. The third kappa shape index (κ3) is 3.42. The van der Waals surface area contributed by atoms with Gasteiger partial charge in [-0.1, -0.05) is 5.92 Å². The van der Waals surface area contributed by atoms with E-state index >= 15 is 0 Å². The maximum Gasteiger partial charge on any atom is 0.175 e. The number of piperidine rings is 1. The first-order chi connectivity index (χ1) is 13.2. The van der Waals surface area contributed by atoms with Crippen LogP contribution >= 0.6 is 0 Å². The number of anilines is 1. The number of nitrogens with zero attached hydrogens (tertiary/aromatic N) is 4. The summed E-state index contributed by atoms with van der Waals surface area (Å²) < 4.78 is 0. The van der Waals surface area contributed by atoms with Gasteiger partial charge in [0.25, 0.3) is 0 Å². The molecule has 3 aromatic rings. The molecule has 27 heavy (non-hydrogen) atoms. The number of rotatable bonds is 3. The van der Waals surface area contributed by atoms with Gasteiger partial charge in [-0.2, -0.15) is 0 Å². The molecule has 2 N–H and O–H groups in total. The Kier molecular flexibility index (Phi) is 4.61. The monoisotopic (exact) mass is 359 g/mol. The summed E-state index contributed by atoms with van der Waals surface area (Å²) in [6, 6.07) is 9.23. The Balaban J connectivity index is 1.76. The second-order valence-corrected chi connectivity index (χ2v) is 6.92. The maximum atomic E-state index is 10.4. The lowest BCUT2D eigenvalue weighted by Crippen LogP contribution is -2.40. The van der Waals surface area contributed by atoms with E-state index in [-0.39, 0.29) is 5.75 Å². The number of phenols is 1. The zero-order valence-electron chi connectivity index (χ0n) is 15.2. The van der Waals surface area contributed by atoms with Crippen LogP contribution in [0.1, 0.15) is 18.4 Å². The smallest absolute Gasteiger partial charge is 0.175 e. The third-order valence-electron chi connectivity index (χ3n) is 4.92. The first-order valence-electron chi connectivity index (χ1n) is 9.02. The maximum absolute atomic E-state index is 10.4. The van der Waals surface area contributed by atoms with Gasteiger partial charge in [0, 0.05) is 35.3 Å². The number of terminal acetylenes is 1. The van der Waals surface area contributed by atoms with Crippen molar-refractivity contribution in [1.82, 2.24) is 20.1 Å². The molecule has 0 unspecified atom stereocenters. The largest absolute Gasteiger partial charge is 0.507 e. The number of phenolic OH excluding ortho intramolecular Hbond substituents is 1. The summed E-state index contributed by atoms with van der Waals surface area (Å²) in [5.74, 6) is 3.28. The lowest BCUT2D eigenvalue weighted by molar-refractivity contribution is 0.261. The number of fused-ring (bicyclic) bond motifs is 1. The molecule has 6 nitrogen and oxygen atoms in total. The zero-order chi connectivity index (χ0) is 18.8. The van der Waals surface area contributed by atoms with Crippen LogP contribution in [0.5, 0.6) is 5.75 Å². The fourth-order valence-corrected chi connectivity index (χ4v) is 3.58. The number of hydrogen-bond donors (Lipinski definition) is 2. The highest BCUT2D eigenvalue weighted by molar-refractivity contribution is 5.98. The summed E-state index contributed by atoms with van der Waals surface area (Å²) in [6.45, 7) is 2.08. The van der Waals surface area contributed by atoms with Gasteiger partial charge in [0.05, 0.1) is 0 Å². The molecule has 4 rings (SSSR count). The van der Waals surface area contributed by atoms with Crippen molar-refractivity contribution in [2.75, 3.05) is 25.5 Å². The Morgan fingerprint density at radius 2 is 2.19 bits per heavy atom. The van der Waals surface area contributed by atoms with E-state index in [0.717, 1.165) is 36.8 Å². The van der Waals surface area contributed by atoms with Crippen LogP contribution in [0.2, 0.25) is 0 Å². The summed E-state index contributed by atoms with van der Waals surface area (Å²) in [4.78, 5) is 6.83. The quantitative estimate of drug-likeness (QED) is 0.701. The number of aromatic hydroxyl groups is 1. The van der Waals surface area contributed by atoms with E-state index in [1.165, 1.54) is 0 Å². The van der Waals surface area contributed by atoms with Gasteiger partial charge in [-0.3, -0.25) is 4.98 Å². The van der Waals surface area contributed by atoms with E-state index in [2.05, 4.69) is 38.4 Å². The van der Waals surface area contributed by atoms with Crippen molar-refractivity contribution in [2.45, 2.75) is 18.9 Å². The number of likely N-dealkylation sites (tertiary alicyclic amines) is 1. The molecule has 0 bridgehead atoms. The first-order valence-corrected chi connectivity index (χ1v) is 9.02. The van der Waals surface area contributed by atoms with Gasteiger partial charge >= 0.3 is 0 Å². The summed E-state index contributed by atoms with van der Waals surface area (Å²) >= 11 is 0. The Labute approximate surface area is 158 Å². The van der Waals surface area contributed by atoms with Crippen LogP contribution in [0.15, 0.2) is 36.5 Å². The first kappa shape index (κ1) is 17.3. The summed E-state index contributed by atoms with van der Waals surface area (Å²) in [7, 11) is 2.13. The van der Waals surface area contributed by atoms with Crippen molar-refractivity contribution in [3.63, 3.8) is 0 Å². The Hall–Kier alpha value is -3.17. The van der Waals surface area contributed by atoms with E-state index in [1.807, 2.05) is 12.1 Å². The summed E-state index contributed by atoms with van der Waals surface area (Å²) in [5, 5.41) is 23.5. The van der Waals surface area contributed by atoms with Crippen LogP contribution in [-0.4, -0.2) is 51.4 Å². The van der Waals surface area contributed by atoms with Crippen LogP contribution in [0.3, 0.4) is 0 Å². The number of hydrogen-bond acceptors (Lipinski definition) is 6. The van der Waals surface area contributed by atoms with Crippen molar-refractivity contribution in [3.05, 3.63) is 42.1 Å². The average molecular weight is 359 g/mol. The Morgan fingerprint density at radius 3 is 2.96 bits per heavy atom. The molecule has 1 fully saturated rings. The van der Waals surface area contributed by atoms with Gasteiger partial charge in [-0.25, -0.2) is 0 Å². The van der Waals surface area contributed by atoms with Crippen molar-refractivity contribution in [3.8, 4) is 29.4 Å². The molecule has 0 amide bonds. The van der Waals surface area contributed by atoms with Gasteiger partial charge in [-0.05, 0) is 56.8 Å². The molecule has 3 heterocycles. The molecule has 1 aliphatic heterocycles. The second kappa shape index (κ2) is 7.22. The zero-order valence-corrected chi connectivity index (χ0v) is 15.2. The van der Waals surface area contributed by atoms with Gasteiger partial charge in [0.1, 0.15) is 17.0 Å². The Bertz CT molecular complexity index is 1030. The van der Waals surface area contributed by atoms with Crippen LogP contribution in [0, 0.1) is 12.3 Å².